The second-order valence-electron chi connectivity index (χ2n) is 9.05. The second kappa shape index (κ2) is 12.1. The first-order valence-electron chi connectivity index (χ1n) is 11.8. The number of aliphatic carboxylic acids is 1. The monoisotopic (exact) mass is 557 g/mol. The molecule has 206 valence electrons. The van der Waals surface area contributed by atoms with Crippen molar-refractivity contribution in [1.82, 2.24) is 15.3 Å². The zero-order chi connectivity index (χ0) is 28.9. The van der Waals surface area contributed by atoms with E-state index < -0.39 is 45.1 Å². The number of nitrogens with two attached hydrogens (primary N) is 1. The van der Waals surface area contributed by atoms with Crippen LogP contribution < -0.4 is 20.9 Å². The van der Waals surface area contributed by atoms with Gasteiger partial charge in [0, 0.05) is 12.2 Å². The minimum atomic E-state index is -3.80. The summed E-state index contributed by atoms with van der Waals surface area (Å²) in [6.45, 7) is 3.87. The summed E-state index contributed by atoms with van der Waals surface area (Å²) in [6, 6.07) is 5.85. The van der Waals surface area contributed by atoms with Gasteiger partial charge in [-0.15, -0.1) is 6.42 Å². The minimum absolute atomic E-state index is 0.0934. The van der Waals surface area contributed by atoms with Crippen molar-refractivity contribution in [3.63, 3.8) is 0 Å². The van der Waals surface area contributed by atoms with E-state index in [0.29, 0.717) is 22.4 Å². The molecule has 2 aromatic carbocycles. The molecule has 0 spiro atoms. The lowest BCUT2D eigenvalue weighted by Crippen LogP contribution is -2.41. The number of carboxylic acids is 1. The van der Waals surface area contributed by atoms with Gasteiger partial charge in [0.15, 0.2) is 0 Å². The summed E-state index contributed by atoms with van der Waals surface area (Å²) < 4.78 is 37.2. The molecule has 1 heterocycles. The number of terminal acetylenes is 1. The molecule has 3 aromatic rings. The van der Waals surface area contributed by atoms with Crippen LogP contribution in [0.25, 0.3) is 10.9 Å². The largest absolute Gasteiger partial charge is 0.480 e. The first-order valence-corrected chi connectivity index (χ1v) is 13.5. The first-order chi connectivity index (χ1) is 18.3. The molecule has 5 N–H and O–H groups in total. The summed E-state index contributed by atoms with van der Waals surface area (Å²) in [5.41, 5.74) is 1.84. The molecule has 0 saturated carbocycles. The highest BCUT2D eigenvalue weighted by Gasteiger charge is 2.23. The number of amides is 1. The molecule has 1 amide bonds. The number of halogens is 1. The number of nitrogens with one attached hydrogen (secondary N) is 2. The van der Waals surface area contributed by atoms with Crippen LogP contribution in [0.5, 0.6) is 0 Å². The third-order valence-electron chi connectivity index (χ3n) is 6.01. The summed E-state index contributed by atoms with van der Waals surface area (Å²) in [7, 11) is -3.80. The van der Waals surface area contributed by atoms with Gasteiger partial charge in [-0.1, -0.05) is 5.92 Å². The van der Waals surface area contributed by atoms with E-state index in [1.54, 1.807) is 24.0 Å². The molecule has 1 atom stereocenters. The maximum absolute atomic E-state index is 15.0. The molecule has 3 rings (SSSR count). The van der Waals surface area contributed by atoms with Crippen molar-refractivity contribution in [2.45, 2.75) is 39.3 Å². The van der Waals surface area contributed by atoms with Crippen LogP contribution >= 0.6 is 0 Å². The summed E-state index contributed by atoms with van der Waals surface area (Å²) in [5, 5.41) is 16.9. The van der Waals surface area contributed by atoms with Crippen molar-refractivity contribution in [2.75, 3.05) is 17.2 Å². The average molecular weight is 558 g/mol. The smallest absolute Gasteiger partial charge is 0.326 e. The fraction of sp³-hybridized carbons (Fsp3) is 0.308. The third kappa shape index (κ3) is 7.62. The number of H-pyrrole nitrogens is 1. The Kier molecular flexibility index (Phi) is 9.05. The molecule has 0 saturated heterocycles. The Morgan fingerprint density at radius 3 is 2.62 bits per heavy atom. The van der Waals surface area contributed by atoms with Crippen molar-refractivity contribution < 1.29 is 27.5 Å². The van der Waals surface area contributed by atoms with Crippen molar-refractivity contribution >= 4 is 38.5 Å². The predicted molar refractivity (Wildman–Crippen MR) is 144 cm³/mol. The van der Waals surface area contributed by atoms with Gasteiger partial charge in [0.05, 0.1) is 28.8 Å². The number of aromatic nitrogens is 2. The lowest BCUT2D eigenvalue weighted by atomic mass is 10.0. The summed E-state index contributed by atoms with van der Waals surface area (Å²) >= 11 is 0. The highest BCUT2D eigenvalue weighted by molar-refractivity contribution is 7.89. The Bertz CT molecular complexity index is 1630. The number of carbonyl (C=O) groups excluding carboxylic acids is 1. The molecule has 1 aromatic heterocycles. The Labute approximate surface area is 224 Å². The minimum Gasteiger partial charge on any atom is -0.480 e. The Hall–Kier alpha value is -4.28. The van der Waals surface area contributed by atoms with Crippen LogP contribution in [0.4, 0.5) is 10.1 Å². The zero-order valence-electron chi connectivity index (χ0n) is 21.3. The maximum Gasteiger partial charge on any atom is 0.326 e. The van der Waals surface area contributed by atoms with Gasteiger partial charge in [0.1, 0.15) is 17.7 Å². The van der Waals surface area contributed by atoms with Gasteiger partial charge in [0.2, 0.25) is 10.0 Å². The van der Waals surface area contributed by atoms with E-state index in [1.807, 2.05) is 6.92 Å². The third-order valence-corrected chi connectivity index (χ3v) is 6.87. The van der Waals surface area contributed by atoms with Crippen LogP contribution in [0.3, 0.4) is 0 Å². The number of aryl methyl sites for hydroxylation is 2. The molecule has 39 heavy (non-hydrogen) atoms. The van der Waals surface area contributed by atoms with E-state index in [1.165, 1.54) is 12.1 Å². The number of hydrogen-bond donors (Lipinski definition) is 4. The Morgan fingerprint density at radius 2 is 2.00 bits per heavy atom. The Morgan fingerprint density at radius 1 is 1.28 bits per heavy atom. The number of nitrogens with zero attached hydrogens (tertiary/aromatic N) is 2. The van der Waals surface area contributed by atoms with Crippen LogP contribution in [-0.2, 0) is 21.4 Å². The van der Waals surface area contributed by atoms with E-state index in [2.05, 4.69) is 21.2 Å². The van der Waals surface area contributed by atoms with Gasteiger partial charge in [-0.3, -0.25) is 9.59 Å². The number of benzene rings is 2. The van der Waals surface area contributed by atoms with Crippen molar-refractivity contribution in [3.05, 3.63) is 69.0 Å². The average Bonchev–Trinajstić information content (AvgIpc) is 2.82. The number of primary sulfonamides is 1. The van der Waals surface area contributed by atoms with Crippen molar-refractivity contribution in [2.24, 2.45) is 5.14 Å². The van der Waals surface area contributed by atoms with Gasteiger partial charge in [-0.05, 0) is 68.1 Å². The molecule has 0 aliphatic heterocycles. The van der Waals surface area contributed by atoms with Gasteiger partial charge in [-0.25, -0.2) is 27.7 Å². The van der Waals surface area contributed by atoms with Gasteiger partial charge in [-0.2, -0.15) is 0 Å². The molecule has 0 radical (unpaired) electrons. The SMILES string of the molecule is C#CCN(Cc1cc2c(=O)[nH]c(C)nc2cc1C)c1ccc(C(=O)N[C@@H](CCCS(N)(=O)=O)C(=O)O)c(F)c1. The molecular weight excluding hydrogens is 529 g/mol. The lowest BCUT2D eigenvalue weighted by molar-refractivity contribution is -0.139. The fourth-order valence-corrected chi connectivity index (χ4v) is 4.61. The lowest BCUT2D eigenvalue weighted by Gasteiger charge is -2.24. The summed E-state index contributed by atoms with van der Waals surface area (Å²) in [6.07, 6.45) is 5.23. The number of fused-ring (bicyclic) bond motifs is 1. The van der Waals surface area contributed by atoms with Crippen LogP contribution in [0.2, 0.25) is 0 Å². The molecule has 0 fully saturated rings. The van der Waals surface area contributed by atoms with Crippen LogP contribution in [0.1, 0.15) is 40.2 Å². The molecule has 13 heteroatoms. The van der Waals surface area contributed by atoms with Crippen LogP contribution in [-0.4, -0.2) is 53.7 Å². The van der Waals surface area contributed by atoms with Crippen LogP contribution in [0, 0.1) is 32.0 Å². The number of sulfonamides is 1. The number of hydrogen-bond acceptors (Lipinski definition) is 7. The Balaban J connectivity index is 1.82. The number of carboxylic acid groups (broad SMARTS) is 1. The predicted octanol–water partition coefficient (Wildman–Crippen LogP) is 1.57. The van der Waals surface area contributed by atoms with Gasteiger partial charge >= 0.3 is 5.97 Å². The molecule has 0 unspecified atom stereocenters. The first kappa shape index (κ1) is 29.3. The molecule has 0 aliphatic carbocycles. The number of aromatic amines is 1. The van der Waals surface area contributed by atoms with E-state index in [9.17, 15) is 27.9 Å². The van der Waals surface area contributed by atoms with E-state index in [0.717, 1.165) is 17.2 Å². The molecular formula is C26H28FN5O6S. The summed E-state index contributed by atoms with van der Waals surface area (Å²) in [4.78, 5) is 45.2. The van der Waals surface area contributed by atoms with Gasteiger partial charge in [0.25, 0.3) is 11.5 Å². The molecule has 11 nitrogen and oxygen atoms in total. The number of rotatable bonds is 11. The number of anilines is 1. The fourth-order valence-electron chi connectivity index (χ4n) is 4.04. The molecule has 0 aliphatic rings. The topological polar surface area (TPSA) is 176 Å². The van der Waals surface area contributed by atoms with Gasteiger partial charge < -0.3 is 20.3 Å². The quantitative estimate of drug-likeness (QED) is 0.257. The normalized spacial score (nSPS) is 12.1. The second-order valence-corrected chi connectivity index (χ2v) is 10.8. The standard InChI is InChI=1S/C26H28FN5O6S/c1-4-9-32(14-17-12-20-23(11-15(17)2)29-16(3)30-25(20)34)18-7-8-19(21(27)13-18)24(33)31-22(26(35)36)6-5-10-39(28,37)38/h1,7-8,11-13,22H,5-6,9-10,14H2,2-3H3,(H,31,33)(H,35,36)(H2,28,37,38)(H,29,30,34)/t22-/m0/s1. The van der Waals surface area contributed by atoms with E-state index in [-0.39, 0.29) is 31.5 Å². The maximum atomic E-state index is 15.0. The highest BCUT2D eigenvalue weighted by Crippen LogP contribution is 2.24. The van der Waals surface area contributed by atoms with E-state index in [4.69, 9.17) is 11.6 Å². The van der Waals surface area contributed by atoms with E-state index >= 15 is 4.39 Å². The van der Waals surface area contributed by atoms with Crippen LogP contribution in [0.15, 0.2) is 35.1 Å². The van der Waals surface area contributed by atoms with Crippen molar-refractivity contribution in [3.8, 4) is 12.3 Å². The number of carbonyl (C=O) groups is 2. The van der Waals surface area contributed by atoms with Crippen molar-refractivity contribution in [1.29, 1.82) is 0 Å². The highest BCUT2D eigenvalue weighted by atomic mass is 32.2. The summed E-state index contributed by atoms with van der Waals surface area (Å²) in [5.74, 6) is -0.732. The zero-order valence-corrected chi connectivity index (χ0v) is 22.1. The molecule has 0 bridgehead atoms.